The molecule has 23 heavy (non-hydrogen) atoms. The minimum Gasteiger partial charge on any atom is -0.400 e. The van der Waals surface area contributed by atoms with Crippen molar-refractivity contribution in [2.75, 3.05) is 5.73 Å². The number of hydrogen-bond acceptors (Lipinski definition) is 1. The van der Waals surface area contributed by atoms with Crippen LogP contribution in [0.15, 0.2) is 72.8 Å². The van der Waals surface area contributed by atoms with E-state index in [1.165, 1.54) is 21.5 Å². The molecular formula is C21H14N2. The van der Waals surface area contributed by atoms with Crippen molar-refractivity contribution >= 4 is 32.9 Å². The van der Waals surface area contributed by atoms with Gasteiger partial charge >= 0.3 is 0 Å². The molecule has 0 spiro atoms. The number of anilines is 1. The second-order valence-electron chi connectivity index (χ2n) is 5.65. The van der Waals surface area contributed by atoms with Crippen molar-refractivity contribution in [2.45, 2.75) is 0 Å². The van der Waals surface area contributed by atoms with Crippen molar-refractivity contribution in [3.63, 3.8) is 0 Å². The molecule has 0 aliphatic carbocycles. The molecule has 0 unspecified atom stereocenters. The molecule has 4 rings (SSSR count). The van der Waals surface area contributed by atoms with Gasteiger partial charge in [0.1, 0.15) is 0 Å². The van der Waals surface area contributed by atoms with E-state index in [2.05, 4.69) is 59.4 Å². The Morgan fingerprint density at radius 1 is 0.696 bits per heavy atom. The van der Waals surface area contributed by atoms with E-state index in [1.807, 2.05) is 12.1 Å². The van der Waals surface area contributed by atoms with Crippen molar-refractivity contribution < 1.29 is 0 Å². The van der Waals surface area contributed by atoms with Crippen LogP contribution in [0.3, 0.4) is 0 Å². The third-order valence-electron chi connectivity index (χ3n) is 4.16. The first-order chi connectivity index (χ1) is 11.2. The topological polar surface area (TPSA) is 30.4 Å². The quantitative estimate of drug-likeness (QED) is 0.269. The summed E-state index contributed by atoms with van der Waals surface area (Å²) in [5, 5.41) is 4.84. The van der Waals surface area contributed by atoms with Gasteiger partial charge in [-0.1, -0.05) is 42.5 Å². The monoisotopic (exact) mass is 294 g/mol. The van der Waals surface area contributed by atoms with Gasteiger partial charge in [0.05, 0.1) is 6.57 Å². The molecule has 2 nitrogen and oxygen atoms in total. The highest BCUT2D eigenvalue weighted by Gasteiger charge is 2.07. The lowest BCUT2D eigenvalue weighted by Gasteiger charge is -2.08. The summed E-state index contributed by atoms with van der Waals surface area (Å²) in [7, 11) is 0. The highest BCUT2D eigenvalue weighted by molar-refractivity contribution is 6.00. The number of benzene rings is 4. The van der Waals surface area contributed by atoms with Crippen molar-refractivity contribution in [1.29, 1.82) is 0 Å². The average Bonchev–Trinajstić information content (AvgIpc) is 2.59. The molecule has 2 heteroatoms. The molecule has 0 heterocycles. The van der Waals surface area contributed by atoms with E-state index in [0.717, 1.165) is 11.1 Å². The molecule has 0 aliphatic heterocycles. The number of nitrogen functional groups attached to an aromatic ring is 1. The maximum absolute atomic E-state index is 7.37. The van der Waals surface area contributed by atoms with Gasteiger partial charge in [0, 0.05) is 5.69 Å². The zero-order valence-electron chi connectivity index (χ0n) is 12.5. The van der Waals surface area contributed by atoms with E-state index in [1.54, 1.807) is 6.07 Å². The molecular weight excluding hydrogens is 280 g/mol. The Bertz CT molecular complexity index is 1090. The van der Waals surface area contributed by atoms with Gasteiger partial charge in [-0.25, -0.2) is 4.85 Å². The minimum atomic E-state index is 0.588. The molecule has 0 radical (unpaired) electrons. The maximum Gasteiger partial charge on any atom is 0.196 e. The second-order valence-corrected chi connectivity index (χ2v) is 5.65. The van der Waals surface area contributed by atoms with Crippen LogP contribution < -0.4 is 5.73 Å². The molecule has 0 amide bonds. The summed E-state index contributed by atoms with van der Waals surface area (Å²) in [5.41, 5.74) is 8.96. The molecule has 108 valence electrons. The standard InChI is InChI=1S/C21H14N2/c1-23-21-13-19(22)8-9-20(21)17-7-6-16-10-14-4-2-3-5-15(14)11-18(16)12-17/h2-13H,22H2. The third kappa shape index (κ3) is 2.29. The minimum absolute atomic E-state index is 0.588. The van der Waals surface area contributed by atoms with Crippen LogP contribution in [0.2, 0.25) is 0 Å². The number of hydrogen-bond donors (Lipinski definition) is 1. The van der Waals surface area contributed by atoms with E-state index in [9.17, 15) is 0 Å². The summed E-state index contributed by atoms with van der Waals surface area (Å²) in [5.74, 6) is 0. The molecule has 0 saturated heterocycles. The van der Waals surface area contributed by atoms with Crippen LogP contribution in [0.4, 0.5) is 11.4 Å². The van der Waals surface area contributed by atoms with Crippen LogP contribution in [-0.4, -0.2) is 0 Å². The lowest BCUT2D eigenvalue weighted by atomic mass is 9.97. The summed E-state index contributed by atoms with van der Waals surface area (Å²) in [4.78, 5) is 3.61. The Hall–Kier alpha value is -3.31. The Morgan fingerprint density at radius 3 is 2.13 bits per heavy atom. The van der Waals surface area contributed by atoms with E-state index >= 15 is 0 Å². The Morgan fingerprint density at radius 2 is 1.39 bits per heavy atom. The van der Waals surface area contributed by atoms with Crippen molar-refractivity contribution in [2.24, 2.45) is 0 Å². The molecule has 0 aliphatic rings. The van der Waals surface area contributed by atoms with Crippen molar-refractivity contribution in [1.82, 2.24) is 0 Å². The number of nitrogens with zero attached hydrogens (tertiary/aromatic N) is 1. The molecule has 0 aromatic heterocycles. The second kappa shape index (κ2) is 5.15. The Labute approximate surface area is 134 Å². The summed E-state index contributed by atoms with van der Waals surface area (Å²) >= 11 is 0. The predicted molar refractivity (Wildman–Crippen MR) is 97.6 cm³/mol. The number of nitrogens with two attached hydrogens (primary N) is 1. The van der Waals surface area contributed by atoms with Gasteiger partial charge in [0.15, 0.2) is 5.69 Å². The fourth-order valence-electron chi connectivity index (χ4n) is 2.99. The summed E-state index contributed by atoms with van der Waals surface area (Å²) in [6.07, 6.45) is 0. The first kappa shape index (κ1) is 13.4. The average molecular weight is 294 g/mol. The lowest BCUT2D eigenvalue weighted by Crippen LogP contribution is -1.85. The van der Waals surface area contributed by atoms with Crippen molar-refractivity contribution in [3.05, 3.63) is 84.2 Å². The van der Waals surface area contributed by atoms with Crippen LogP contribution in [0.1, 0.15) is 0 Å². The zero-order valence-corrected chi connectivity index (χ0v) is 12.5. The van der Waals surface area contributed by atoms with Crippen LogP contribution in [0.5, 0.6) is 0 Å². The van der Waals surface area contributed by atoms with Crippen molar-refractivity contribution in [3.8, 4) is 11.1 Å². The fraction of sp³-hybridized carbons (Fsp3) is 0. The number of rotatable bonds is 1. The predicted octanol–water partition coefficient (Wildman–Crippen LogP) is 5.79. The number of fused-ring (bicyclic) bond motifs is 2. The Balaban J connectivity index is 1.95. The highest BCUT2D eigenvalue weighted by Crippen LogP contribution is 2.34. The zero-order chi connectivity index (χ0) is 15.8. The van der Waals surface area contributed by atoms with E-state index in [0.29, 0.717) is 11.4 Å². The van der Waals surface area contributed by atoms with Crippen LogP contribution in [0.25, 0.3) is 37.5 Å². The van der Waals surface area contributed by atoms with Gasteiger partial charge in [-0.05, 0) is 63.0 Å². The van der Waals surface area contributed by atoms with Gasteiger partial charge in [0.25, 0.3) is 0 Å². The van der Waals surface area contributed by atoms with E-state index in [-0.39, 0.29) is 0 Å². The van der Waals surface area contributed by atoms with Crippen LogP contribution >= 0.6 is 0 Å². The molecule has 0 bridgehead atoms. The van der Waals surface area contributed by atoms with Gasteiger partial charge < -0.3 is 5.73 Å². The molecule has 0 fully saturated rings. The molecule has 2 N–H and O–H groups in total. The van der Waals surface area contributed by atoms with Crippen LogP contribution in [-0.2, 0) is 0 Å². The lowest BCUT2D eigenvalue weighted by molar-refractivity contribution is 1.64. The first-order valence-electron chi connectivity index (χ1n) is 7.44. The van der Waals surface area contributed by atoms with E-state index < -0.39 is 0 Å². The van der Waals surface area contributed by atoms with Gasteiger partial charge in [-0.15, -0.1) is 0 Å². The normalized spacial score (nSPS) is 10.7. The van der Waals surface area contributed by atoms with Gasteiger partial charge in [-0.2, -0.15) is 0 Å². The highest BCUT2D eigenvalue weighted by atomic mass is 14.7. The summed E-state index contributed by atoms with van der Waals surface area (Å²) in [6, 6.07) is 24.6. The van der Waals surface area contributed by atoms with Gasteiger partial charge in [0.2, 0.25) is 0 Å². The maximum atomic E-state index is 7.37. The smallest absolute Gasteiger partial charge is 0.196 e. The fourth-order valence-corrected chi connectivity index (χ4v) is 2.99. The molecule has 0 atom stereocenters. The van der Waals surface area contributed by atoms with Gasteiger partial charge in [-0.3, -0.25) is 0 Å². The first-order valence-corrected chi connectivity index (χ1v) is 7.44. The SMILES string of the molecule is [C-]#[N+]c1cc(N)ccc1-c1ccc2cc3ccccc3cc2c1. The van der Waals surface area contributed by atoms with E-state index in [4.69, 9.17) is 12.3 Å². The van der Waals surface area contributed by atoms with Crippen LogP contribution in [0, 0.1) is 6.57 Å². The largest absolute Gasteiger partial charge is 0.400 e. The molecule has 4 aromatic carbocycles. The molecule has 4 aromatic rings. The Kier molecular flexibility index (Phi) is 2.99. The third-order valence-corrected chi connectivity index (χ3v) is 4.16. The molecule has 0 saturated carbocycles. The summed E-state index contributed by atoms with van der Waals surface area (Å²) < 4.78 is 0. The summed E-state index contributed by atoms with van der Waals surface area (Å²) in [6.45, 7) is 7.37.